The zero-order chi connectivity index (χ0) is 11.5. The van der Waals surface area contributed by atoms with Crippen molar-refractivity contribution in [3.63, 3.8) is 0 Å². The number of hydrogen-bond acceptors (Lipinski definition) is 5. The van der Waals surface area contributed by atoms with Crippen LogP contribution in [0.25, 0.3) is 0 Å². The van der Waals surface area contributed by atoms with Crippen molar-refractivity contribution in [3.8, 4) is 5.75 Å². The Morgan fingerprint density at radius 3 is 2.44 bits per heavy atom. The van der Waals surface area contributed by atoms with E-state index in [0.717, 1.165) is 11.1 Å². The first-order valence-corrected chi connectivity index (χ1v) is 4.80. The summed E-state index contributed by atoms with van der Waals surface area (Å²) in [6, 6.07) is 6.91. The first-order valence-electron chi connectivity index (χ1n) is 4.80. The molecule has 5 heteroatoms. The van der Waals surface area contributed by atoms with Gasteiger partial charge in [0, 0.05) is 18.2 Å². The highest BCUT2D eigenvalue weighted by Crippen LogP contribution is 2.16. The van der Waals surface area contributed by atoms with Gasteiger partial charge in [0.25, 0.3) is 0 Å². The molecule has 5 N–H and O–H groups in total. The molecule has 0 saturated heterocycles. The standard InChI is InChI=1S/C11H12N4O/c12-10-8(6-14-11(13)15-10)5-7-1-3-9(16)4-2-7/h1-4,6,16H,5H2,(H4,12,13,14,15). The van der Waals surface area contributed by atoms with Gasteiger partial charge in [-0.25, -0.2) is 4.98 Å². The van der Waals surface area contributed by atoms with Crippen LogP contribution in [0.4, 0.5) is 11.8 Å². The molecule has 0 fully saturated rings. The molecule has 2 aromatic rings. The summed E-state index contributed by atoms with van der Waals surface area (Å²) in [7, 11) is 0. The fourth-order valence-corrected chi connectivity index (χ4v) is 1.40. The molecule has 1 aromatic carbocycles. The molecule has 0 atom stereocenters. The van der Waals surface area contributed by atoms with E-state index in [2.05, 4.69) is 9.97 Å². The number of anilines is 2. The molecule has 0 aliphatic heterocycles. The minimum atomic E-state index is 0.173. The van der Waals surface area contributed by atoms with Gasteiger partial charge in [0.2, 0.25) is 5.95 Å². The van der Waals surface area contributed by atoms with Crippen molar-refractivity contribution in [3.05, 3.63) is 41.6 Å². The summed E-state index contributed by atoms with van der Waals surface area (Å²) < 4.78 is 0. The Balaban J connectivity index is 2.23. The number of aromatic hydroxyl groups is 1. The van der Waals surface area contributed by atoms with E-state index < -0.39 is 0 Å². The van der Waals surface area contributed by atoms with Crippen LogP contribution >= 0.6 is 0 Å². The van der Waals surface area contributed by atoms with Gasteiger partial charge in [-0.15, -0.1) is 0 Å². The van der Waals surface area contributed by atoms with Gasteiger partial charge in [-0.3, -0.25) is 0 Å². The van der Waals surface area contributed by atoms with Crippen LogP contribution < -0.4 is 11.5 Å². The first-order chi connectivity index (χ1) is 7.65. The van der Waals surface area contributed by atoms with E-state index in [1.807, 2.05) is 12.1 Å². The monoisotopic (exact) mass is 216 g/mol. The number of hydrogen-bond donors (Lipinski definition) is 3. The van der Waals surface area contributed by atoms with Crippen molar-refractivity contribution in [1.29, 1.82) is 0 Å². The predicted molar refractivity (Wildman–Crippen MR) is 61.8 cm³/mol. The normalized spacial score (nSPS) is 10.2. The first kappa shape index (κ1) is 10.2. The van der Waals surface area contributed by atoms with E-state index in [1.165, 1.54) is 0 Å². The average Bonchev–Trinajstić information content (AvgIpc) is 2.25. The molecule has 0 radical (unpaired) electrons. The third-order valence-corrected chi connectivity index (χ3v) is 2.25. The van der Waals surface area contributed by atoms with Crippen LogP contribution in [-0.4, -0.2) is 15.1 Å². The van der Waals surface area contributed by atoms with Crippen LogP contribution in [0.3, 0.4) is 0 Å². The van der Waals surface area contributed by atoms with E-state index in [1.54, 1.807) is 18.3 Å². The topological polar surface area (TPSA) is 98.0 Å². The quantitative estimate of drug-likeness (QED) is 0.693. The smallest absolute Gasteiger partial charge is 0.221 e. The van der Waals surface area contributed by atoms with Crippen molar-refractivity contribution < 1.29 is 5.11 Å². The van der Waals surface area contributed by atoms with Crippen LogP contribution in [-0.2, 0) is 6.42 Å². The fourth-order valence-electron chi connectivity index (χ4n) is 1.40. The van der Waals surface area contributed by atoms with Crippen molar-refractivity contribution in [2.45, 2.75) is 6.42 Å². The highest BCUT2D eigenvalue weighted by molar-refractivity contribution is 5.44. The lowest BCUT2D eigenvalue weighted by Crippen LogP contribution is -2.03. The lowest BCUT2D eigenvalue weighted by molar-refractivity contribution is 0.475. The number of aromatic nitrogens is 2. The molecule has 0 bridgehead atoms. The molecular formula is C11H12N4O. The molecule has 16 heavy (non-hydrogen) atoms. The predicted octanol–water partition coefficient (Wildman–Crippen LogP) is 0.937. The molecule has 0 amide bonds. The molecule has 0 spiro atoms. The van der Waals surface area contributed by atoms with Crippen LogP contribution in [0.1, 0.15) is 11.1 Å². The number of nitrogen functional groups attached to an aromatic ring is 2. The Hall–Kier alpha value is -2.30. The van der Waals surface area contributed by atoms with E-state index in [-0.39, 0.29) is 11.7 Å². The van der Waals surface area contributed by atoms with E-state index in [0.29, 0.717) is 12.2 Å². The van der Waals surface area contributed by atoms with Crippen molar-refractivity contribution in [1.82, 2.24) is 9.97 Å². The Bertz CT molecular complexity index is 496. The molecule has 82 valence electrons. The van der Waals surface area contributed by atoms with Gasteiger partial charge in [-0.05, 0) is 17.7 Å². The Kier molecular flexibility index (Phi) is 2.59. The fraction of sp³-hybridized carbons (Fsp3) is 0.0909. The molecule has 0 aliphatic carbocycles. The average molecular weight is 216 g/mol. The highest BCUT2D eigenvalue weighted by atomic mass is 16.3. The lowest BCUT2D eigenvalue weighted by Gasteiger charge is -2.05. The van der Waals surface area contributed by atoms with Crippen LogP contribution in [0.2, 0.25) is 0 Å². The highest BCUT2D eigenvalue weighted by Gasteiger charge is 2.03. The largest absolute Gasteiger partial charge is 0.508 e. The summed E-state index contributed by atoms with van der Waals surface area (Å²) in [6.45, 7) is 0. The van der Waals surface area contributed by atoms with Gasteiger partial charge >= 0.3 is 0 Å². The molecular weight excluding hydrogens is 204 g/mol. The Morgan fingerprint density at radius 2 is 1.81 bits per heavy atom. The molecule has 0 unspecified atom stereocenters. The third kappa shape index (κ3) is 2.20. The summed E-state index contributed by atoms with van der Waals surface area (Å²) in [6.07, 6.45) is 2.23. The second-order valence-corrected chi connectivity index (χ2v) is 3.48. The summed E-state index contributed by atoms with van der Waals surface area (Å²) in [5.41, 5.74) is 13.0. The molecule has 1 aromatic heterocycles. The molecule has 1 heterocycles. The van der Waals surface area contributed by atoms with Crippen LogP contribution in [0, 0.1) is 0 Å². The third-order valence-electron chi connectivity index (χ3n) is 2.25. The maximum atomic E-state index is 9.15. The summed E-state index contributed by atoms with van der Waals surface area (Å²) in [4.78, 5) is 7.77. The van der Waals surface area contributed by atoms with Gasteiger partial charge < -0.3 is 16.6 Å². The number of benzene rings is 1. The van der Waals surface area contributed by atoms with Crippen molar-refractivity contribution in [2.75, 3.05) is 11.5 Å². The Labute approximate surface area is 92.8 Å². The number of nitrogens with two attached hydrogens (primary N) is 2. The Morgan fingerprint density at radius 1 is 1.12 bits per heavy atom. The number of rotatable bonds is 2. The SMILES string of the molecule is Nc1ncc(Cc2ccc(O)cc2)c(N)n1. The maximum Gasteiger partial charge on any atom is 0.221 e. The van der Waals surface area contributed by atoms with E-state index >= 15 is 0 Å². The van der Waals surface area contributed by atoms with Gasteiger partial charge in [-0.2, -0.15) is 4.98 Å². The van der Waals surface area contributed by atoms with Crippen LogP contribution in [0.5, 0.6) is 5.75 Å². The molecule has 0 aliphatic rings. The summed E-state index contributed by atoms with van der Waals surface area (Å²) in [5, 5.41) is 9.15. The number of nitrogens with zero attached hydrogens (tertiary/aromatic N) is 2. The zero-order valence-electron chi connectivity index (χ0n) is 8.59. The van der Waals surface area contributed by atoms with Crippen molar-refractivity contribution >= 4 is 11.8 Å². The summed E-state index contributed by atoms with van der Waals surface area (Å²) in [5.74, 6) is 0.804. The van der Waals surface area contributed by atoms with Gasteiger partial charge in [0.15, 0.2) is 0 Å². The van der Waals surface area contributed by atoms with E-state index in [4.69, 9.17) is 16.6 Å². The van der Waals surface area contributed by atoms with Gasteiger partial charge in [0.1, 0.15) is 11.6 Å². The molecule has 5 nitrogen and oxygen atoms in total. The molecule has 2 rings (SSSR count). The second kappa shape index (κ2) is 4.06. The summed E-state index contributed by atoms with van der Waals surface area (Å²) >= 11 is 0. The lowest BCUT2D eigenvalue weighted by atomic mass is 10.1. The van der Waals surface area contributed by atoms with Gasteiger partial charge in [0.05, 0.1) is 0 Å². The number of phenolic OH excluding ortho intramolecular Hbond substituents is 1. The minimum absolute atomic E-state index is 0.173. The van der Waals surface area contributed by atoms with Crippen LogP contribution in [0.15, 0.2) is 30.5 Å². The van der Waals surface area contributed by atoms with E-state index in [9.17, 15) is 0 Å². The van der Waals surface area contributed by atoms with Gasteiger partial charge in [-0.1, -0.05) is 12.1 Å². The molecule has 0 saturated carbocycles. The minimum Gasteiger partial charge on any atom is -0.508 e. The van der Waals surface area contributed by atoms with Crippen molar-refractivity contribution in [2.24, 2.45) is 0 Å². The second-order valence-electron chi connectivity index (χ2n) is 3.48. The maximum absolute atomic E-state index is 9.15. The zero-order valence-corrected chi connectivity index (χ0v) is 8.59. The number of phenols is 1.